The number of carbonyl (C=O) groups excluding carboxylic acids is 2. The highest BCUT2D eigenvalue weighted by molar-refractivity contribution is 5.91. The first kappa shape index (κ1) is 13.2. The zero-order valence-electron chi connectivity index (χ0n) is 9.88. The summed E-state index contributed by atoms with van der Waals surface area (Å²) in [4.78, 5) is 27.0. The van der Waals surface area contributed by atoms with Gasteiger partial charge in [-0.25, -0.2) is 4.79 Å². The molecule has 0 aliphatic carbocycles. The predicted octanol–water partition coefficient (Wildman–Crippen LogP) is 1.14. The second-order valence-corrected chi connectivity index (χ2v) is 3.60. The molecule has 0 unspecified atom stereocenters. The SMILES string of the molecule is CN(C)OC(=O)CC(=O)OCc1ccccc1. The quantitative estimate of drug-likeness (QED) is 0.436. The molecule has 1 rings (SSSR count). The molecule has 0 saturated heterocycles. The molecule has 17 heavy (non-hydrogen) atoms. The van der Waals surface area contributed by atoms with Gasteiger partial charge in [-0.1, -0.05) is 30.3 Å². The van der Waals surface area contributed by atoms with Crippen LogP contribution in [0.4, 0.5) is 0 Å². The molecule has 0 atom stereocenters. The minimum absolute atomic E-state index is 0.162. The molecule has 92 valence electrons. The molecule has 0 radical (unpaired) electrons. The van der Waals surface area contributed by atoms with Crippen molar-refractivity contribution in [1.29, 1.82) is 0 Å². The van der Waals surface area contributed by atoms with Crippen LogP contribution in [-0.4, -0.2) is 31.1 Å². The fraction of sp³-hybridized carbons (Fsp3) is 0.333. The maximum atomic E-state index is 11.3. The van der Waals surface area contributed by atoms with Gasteiger partial charge < -0.3 is 9.57 Å². The van der Waals surface area contributed by atoms with Crippen LogP contribution in [0.5, 0.6) is 0 Å². The average molecular weight is 237 g/mol. The number of carbonyl (C=O) groups is 2. The topological polar surface area (TPSA) is 55.8 Å². The third-order valence-corrected chi connectivity index (χ3v) is 1.82. The predicted molar refractivity (Wildman–Crippen MR) is 60.6 cm³/mol. The summed E-state index contributed by atoms with van der Waals surface area (Å²) in [7, 11) is 3.13. The van der Waals surface area contributed by atoms with Crippen molar-refractivity contribution < 1.29 is 19.2 Å². The van der Waals surface area contributed by atoms with Crippen molar-refractivity contribution in [3.63, 3.8) is 0 Å². The lowest BCUT2D eigenvalue weighted by Gasteiger charge is -2.09. The number of hydrogen-bond acceptors (Lipinski definition) is 5. The molecule has 5 heteroatoms. The van der Waals surface area contributed by atoms with Crippen molar-refractivity contribution in [3.8, 4) is 0 Å². The van der Waals surface area contributed by atoms with Gasteiger partial charge in [0.25, 0.3) is 0 Å². The van der Waals surface area contributed by atoms with E-state index in [9.17, 15) is 9.59 Å². The number of hydrogen-bond donors (Lipinski definition) is 0. The summed E-state index contributed by atoms with van der Waals surface area (Å²) in [6.07, 6.45) is -0.384. The number of esters is 1. The van der Waals surface area contributed by atoms with Gasteiger partial charge in [0.2, 0.25) is 0 Å². The first-order chi connectivity index (χ1) is 8.08. The Kier molecular flexibility index (Phi) is 5.16. The highest BCUT2D eigenvalue weighted by atomic mass is 16.7. The fourth-order valence-electron chi connectivity index (χ4n) is 1.14. The second kappa shape index (κ2) is 6.65. The van der Waals surface area contributed by atoms with Gasteiger partial charge in [-0.3, -0.25) is 4.79 Å². The van der Waals surface area contributed by atoms with Crippen molar-refractivity contribution in [2.24, 2.45) is 0 Å². The van der Waals surface area contributed by atoms with E-state index in [1.54, 1.807) is 14.1 Å². The molecule has 0 bridgehead atoms. The summed E-state index contributed by atoms with van der Waals surface area (Å²) in [6.45, 7) is 0.162. The Bertz CT molecular complexity index is 375. The van der Waals surface area contributed by atoms with Gasteiger partial charge in [0.05, 0.1) is 0 Å². The molecule has 0 amide bonds. The smallest absolute Gasteiger partial charge is 0.336 e. The summed E-state index contributed by atoms with van der Waals surface area (Å²) in [5, 5.41) is 1.23. The lowest BCUT2D eigenvalue weighted by atomic mass is 10.2. The van der Waals surface area contributed by atoms with Crippen LogP contribution in [0.3, 0.4) is 0 Å². The number of benzene rings is 1. The van der Waals surface area contributed by atoms with Crippen LogP contribution < -0.4 is 0 Å². The van der Waals surface area contributed by atoms with Crippen molar-refractivity contribution in [2.45, 2.75) is 13.0 Å². The van der Waals surface area contributed by atoms with E-state index in [0.717, 1.165) is 5.56 Å². The first-order valence-electron chi connectivity index (χ1n) is 5.15. The van der Waals surface area contributed by atoms with Crippen LogP contribution in [0.2, 0.25) is 0 Å². The van der Waals surface area contributed by atoms with Crippen molar-refractivity contribution in [3.05, 3.63) is 35.9 Å². The molecule has 0 aliphatic rings. The summed E-state index contributed by atoms with van der Waals surface area (Å²) < 4.78 is 4.92. The first-order valence-corrected chi connectivity index (χ1v) is 5.15. The highest BCUT2D eigenvalue weighted by Crippen LogP contribution is 2.02. The number of hydroxylamine groups is 2. The maximum absolute atomic E-state index is 11.3. The number of ether oxygens (including phenoxy) is 1. The van der Waals surface area contributed by atoms with E-state index < -0.39 is 11.9 Å². The monoisotopic (exact) mass is 237 g/mol. The molecule has 0 spiro atoms. The van der Waals surface area contributed by atoms with E-state index >= 15 is 0 Å². The van der Waals surface area contributed by atoms with Crippen molar-refractivity contribution >= 4 is 11.9 Å². The standard InChI is InChI=1S/C12H15NO4/c1-13(2)17-12(15)8-11(14)16-9-10-6-4-3-5-7-10/h3-7H,8-9H2,1-2H3. The molecule has 0 saturated carbocycles. The lowest BCUT2D eigenvalue weighted by Crippen LogP contribution is -2.21. The van der Waals surface area contributed by atoms with Crippen LogP contribution in [-0.2, 0) is 25.8 Å². The van der Waals surface area contributed by atoms with E-state index in [4.69, 9.17) is 4.74 Å². The van der Waals surface area contributed by atoms with E-state index in [1.165, 1.54) is 5.06 Å². The Morgan fingerprint density at radius 2 is 1.76 bits per heavy atom. The average Bonchev–Trinajstić information content (AvgIpc) is 2.26. The molecule has 5 nitrogen and oxygen atoms in total. The van der Waals surface area contributed by atoms with Crippen LogP contribution in [0, 0.1) is 0 Å². The van der Waals surface area contributed by atoms with E-state index in [0.29, 0.717) is 0 Å². The Morgan fingerprint density at radius 1 is 1.12 bits per heavy atom. The summed E-state index contributed by atoms with van der Waals surface area (Å²) >= 11 is 0. The zero-order chi connectivity index (χ0) is 12.7. The van der Waals surface area contributed by atoms with Gasteiger partial charge >= 0.3 is 11.9 Å². The minimum Gasteiger partial charge on any atom is -0.460 e. The second-order valence-electron chi connectivity index (χ2n) is 3.60. The van der Waals surface area contributed by atoms with Crippen LogP contribution >= 0.6 is 0 Å². The molecular weight excluding hydrogens is 222 g/mol. The molecule has 0 N–H and O–H groups in total. The summed E-state index contributed by atoms with van der Waals surface area (Å²) in [5.74, 6) is -1.23. The van der Waals surface area contributed by atoms with Crippen LogP contribution in [0.15, 0.2) is 30.3 Å². The molecule has 0 aliphatic heterocycles. The maximum Gasteiger partial charge on any atom is 0.336 e. The fourth-order valence-corrected chi connectivity index (χ4v) is 1.14. The molecule has 1 aromatic carbocycles. The van der Waals surface area contributed by atoms with E-state index in [-0.39, 0.29) is 13.0 Å². The number of rotatable bonds is 5. The molecule has 0 fully saturated rings. The lowest BCUT2D eigenvalue weighted by molar-refractivity contribution is -0.181. The third kappa shape index (κ3) is 5.67. The van der Waals surface area contributed by atoms with Gasteiger partial charge in [0.1, 0.15) is 13.0 Å². The largest absolute Gasteiger partial charge is 0.460 e. The Morgan fingerprint density at radius 3 is 2.35 bits per heavy atom. The highest BCUT2D eigenvalue weighted by Gasteiger charge is 2.13. The summed E-state index contributed by atoms with van der Waals surface area (Å²) in [6, 6.07) is 9.25. The van der Waals surface area contributed by atoms with Gasteiger partial charge in [-0.05, 0) is 5.56 Å². The Labute approximate surface area is 99.9 Å². The van der Waals surface area contributed by atoms with E-state index in [1.807, 2.05) is 30.3 Å². The Hall–Kier alpha value is -1.88. The molecule has 1 aromatic rings. The minimum atomic E-state index is -0.631. The normalized spacial score (nSPS) is 10.1. The van der Waals surface area contributed by atoms with Crippen LogP contribution in [0.1, 0.15) is 12.0 Å². The van der Waals surface area contributed by atoms with Gasteiger partial charge in [-0.2, -0.15) is 0 Å². The third-order valence-electron chi connectivity index (χ3n) is 1.82. The molecule has 0 aromatic heterocycles. The van der Waals surface area contributed by atoms with Gasteiger partial charge in [-0.15, -0.1) is 5.06 Å². The molecule has 0 heterocycles. The van der Waals surface area contributed by atoms with Gasteiger partial charge in [0.15, 0.2) is 0 Å². The van der Waals surface area contributed by atoms with Crippen molar-refractivity contribution in [2.75, 3.05) is 14.1 Å². The summed E-state index contributed by atoms with van der Waals surface area (Å²) in [5.41, 5.74) is 0.877. The van der Waals surface area contributed by atoms with E-state index in [2.05, 4.69) is 4.84 Å². The van der Waals surface area contributed by atoms with Gasteiger partial charge in [0, 0.05) is 14.1 Å². The Balaban J connectivity index is 2.28. The zero-order valence-corrected chi connectivity index (χ0v) is 9.88. The number of nitrogens with zero attached hydrogens (tertiary/aromatic N) is 1. The molecular formula is C12H15NO4. The van der Waals surface area contributed by atoms with Crippen molar-refractivity contribution in [1.82, 2.24) is 5.06 Å². The van der Waals surface area contributed by atoms with Crippen LogP contribution in [0.25, 0.3) is 0 Å².